The zero-order chi connectivity index (χ0) is 16.4. The molecule has 120 valence electrons. The molecular formula is C16H16N2O4S. The summed E-state index contributed by atoms with van der Waals surface area (Å²) in [7, 11) is 1.61. The number of carbonyl (C=O) groups excluding carboxylic acids is 2. The quantitative estimate of drug-likeness (QED) is 0.857. The van der Waals surface area contributed by atoms with Crippen molar-refractivity contribution in [3.8, 4) is 17.0 Å². The second kappa shape index (κ2) is 6.45. The summed E-state index contributed by atoms with van der Waals surface area (Å²) in [5.74, 6) is 1.12. The van der Waals surface area contributed by atoms with E-state index in [1.165, 1.54) is 18.7 Å². The van der Waals surface area contributed by atoms with Crippen LogP contribution in [-0.2, 0) is 9.59 Å². The Morgan fingerprint density at radius 3 is 2.78 bits per heavy atom. The Hall–Kier alpha value is -2.28. The zero-order valence-electron chi connectivity index (χ0n) is 12.8. The lowest BCUT2D eigenvalue weighted by atomic mass is 10.1. The van der Waals surface area contributed by atoms with Crippen molar-refractivity contribution in [2.24, 2.45) is 0 Å². The number of hydrogen-bond acceptors (Lipinski definition) is 6. The normalized spacial score (nSPS) is 17.6. The van der Waals surface area contributed by atoms with Crippen molar-refractivity contribution in [1.82, 2.24) is 5.16 Å². The van der Waals surface area contributed by atoms with E-state index in [4.69, 9.17) is 9.26 Å². The number of ether oxygens (including phenoxy) is 1. The molecule has 1 atom stereocenters. The van der Waals surface area contributed by atoms with Crippen LogP contribution in [-0.4, -0.2) is 35.1 Å². The summed E-state index contributed by atoms with van der Waals surface area (Å²) >= 11 is 1.19. The molecule has 0 spiro atoms. The maximum Gasteiger partial charge on any atom is 0.234 e. The SMILES string of the molecule is COc1ccc(-c2cc(N3CC(SC(C)=O)CC3=O)on2)cc1. The van der Waals surface area contributed by atoms with Crippen LogP contribution in [0, 0.1) is 0 Å². The first-order valence-corrected chi connectivity index (χ1v) is 8.03. The molecule has 6 nitrogen and oxygen atoms in total. The molecule has 1 aromatic carbocycles. The van der Waals surface area contributed by atoms with E-state index in [0.717, 1.165) is 11.3 Å². The number of thioether (sulfide) groups is 1. The smallest absolute Gasteiger partial charge is 0.234 e. The Bertz CT molecular complexity index is 726. The molecule has 2 heterocycles. The Morgan fingerprint density at radius 2 is 2.13 bits per heavy atom. The molecule has 0 bridgehead atoms. The van der Waals surface area contributed by atoms with Crippen LogP contribution in [0.25, 0.3) is 11.3 Å². The van der Waals surface area contributed by atoms with Crippen molar-refractivity contribution in [1.29, 1.82) is 0 Å². The summed E-state index contributed by atoms with van der Waals surface area (Å²) in [5, 5.41) is 4.01. The van der Waals surface area contributed by atoms with Crippen LogP contribution < -0.4 is 9.64 Å². The van der Waals surface area contributed by atoms with Crippen LogP contribution in [0.3, 0.4) is 0 Å². The number of anilines is 1. The van der Waals surface area contributed by atoms with Crippen molar-refractivity contribution in [2.75, 3.05) is 18.6 Å². The van der Waals surface area contributed by atoms with E-state index in [0.29, 0.717) is 24.5 Å². The average molecular weight is 332 g/mol. The van der Waals surface area contributed by atoms with Gasteiger partial charge in [0.2, 0.25) is 11.8 Å². The molecular weight excluding hydrogens is 316 g/mol. The van der Waals surface area contributed by atoms with Gasteiger partial charge in [-0.25, -0.2) is 0 Å². The lowest BCUT2D eigenvalue weighted by Crippen LogP contribution is -2.24. The minimum absolute atomic E-state index is 0.0149. The van der Waals surface area contributed by atoms with Gasteiger partial charge in [0.05, 0.1) is 7.11 Å². The molecule has 1 aliphatic heterocycles. The highest BCUT2D eigenvalue weighted by atomic mass is 32.2. The number of carbonyl (C=O) groups is 2. The fourth-order valence-electron chi connectivity index (χ4n) is 2.49. The maximum atomic E-state index is 12.1. The standard InChI is InChI=1S/C16H16N2O4S/c1-10(19)23-13-7-15(20)18(9-13)16-8-14(17-22-16)11-3-5-12(21-2)6-4-11/h3-6,8,13H,7,9H2,1-2H3. The molecule has 1 saturated heterocycles. The highest BCUT2D eigenvalue weighted by Gasteiger charge is 2.34. The topological polar surface area (TPSA) is 72.6 Å². The summed E-state index contributed by atoms with van der Waals surface area (Å²) < 4.78 is 10.4. The molecule has 7 heteroatoms. The fraction of sp³-hybridized carbons (Fsp3) is 0.312. The van der Waals surface area contributed by atoms with E-state index in [2.05, 4.69) is 5.16 Å². The molecule has 1 aliphatic rings. The van der Waals surface area contributed by atoms with E-state index in [1.807, 2.05) is 24.3 Å². The number of amides is 1. The second-order valence-electron chi connectivity index (χ2n) is 5.22. The molecule has 1 aromatic heterocycles. The molecule has 3 rings (SSSR count). The largest absolute Gasteiger partial charge is 0.497 e. The van der Waals surface area contributed by atoms with Gasteiger partial charge < -0.3 is 9.26 Å². The van der Waals surface area contributed by atoms with E-state index in [1.54, 1.807) is 18.1 Å². The molecule has 0 saturated carbocycles. The van der Waals surface area contributed by atoms with Gasteiger partial charge in [-0.2, -0.15) is 0 Å². The maximum absolute atomic E-state index is 12.1. The molecule has 1 unspecified atom stereocenters. The molecule has 0 radical (unpaired) electrons. The monoisotopic (exact) mass is 332 g/mol. The highest BCUT2D eigenvalue weighted by Crippen LogP contribution is 2.31. The predicted octanol–water partition coefficient (Wildman–Crippen LogP) is 2.74. The lowest BCUT2D eigenvalue weighted by molar-refractivity contribution is -0.117. The third-order valence-electron chi connectivity index (χ3n) is 3.57. The van der Waals surface area contributed by atoms with E-state index >= 15 is 0 Å². The number of rotatable bonds is 4. The van der Waals surface area contributed by atoms with Gasteiger partial charge in [-0.1, -0.05) is 16.9 Å². The van der Waals surface area contributed by atoms with Gasteiger partial charge in [0.1, 0.15) is 11.4 Å². The Labute approximate surface area is 137 Å². The Morgan fingerprint density at radius 1 is 1.39 bits per heavy atom. The molecule has 0 aliphatic carbocycles. The number of aromatic nitrogens is 1. The third-order valence-corrected chi connectivity index (χ3v) is 4.55. The third kappa shape index (κ3) is 3.39. The Kier molecular flexibility index (Phi) is 4.38. The first kappa shape index (κ1) is 15.6. The van der Waals surface area contributed by atoms with Crippen LogP contribution >= 0.6 is 11.8 Å². The number of benzene rings is 1. The van der Waals surface area contributed by atoms with Gasteiger partial charge in [-0.05, 0) is 24.3 Å². The first-order valence-electron chi connectivity index (χ1n) is 7.15. The van der Waals surface area contributed by atoms with Gasteiger partial charge >= 0.3 is 0 Å². The summed E-state index contributed by atoms with van der Waals surface area (Å²) in [5.41, 5.74) is 1.53. The van der Waals surface area contributed by atoms with Crippen molar-refractivity contribution in [3.05, 3.63) is 30.3 Å². The second-order valence-corrected chi connectivity index (χ2v) is 6.70. The summed E-state index contributed by atoms with van der Waals surface area (Å²) in [4.78, 5) is 24.8. The van der Waals surface area contributed by atoms with Crippen molar-refractivity contribution < 1.29 is 18.8 Å². The summed E-state index contributed by atoms with van der Waals surface area (Å²) in [6.07, 6.45) is 0.336. The highest BCUT2D eigenvalue weighted by molar-refractivity contribution is 8.14. The lowest BCUT2D eigenvalue weighted by Gasteiger charge is -2.10. The van der Waals surface area contributed by atoms with Crippen LogP contribution in [0.1, 0.15) is 13.3 Å². The van der Waals surface area contributed by atoms with Crippen molar-refractivity contribution in [3.63, 3.8) is 0 Å². The average Bonchev–Trinajstić information content (AvgIpc) is 3.13. The van der Waals surface area contributed by atoms with Gasteiger partial charge in [0.25, 0.3) is 0 Å². The fourth-order valence-corrected chi connectivity index (χ4v) is 3.41. The minimum atomic E-state index is -0.0545. The summed E-state index contributed by atoms with van der Waals surface area (Å²) in [6.45, 7) is 1.97. The molecule has 23 heavy (non-hydrogen) atoms. The van der Waals surface area contributed by atoms with Gasteiger partial charge in [-0.3, -0.25) is 14.5 Å². The first-order chi connectivity index (χ1) is 11.1. The van der Waals surface area contributed by atoms with E-state index in [9.17, 15) is 9.59 Å². The van der Waals surface area contributed by atoms with Crippen LogP contribution in [0.5, 0.6) is 5.75 Å². The molecule has 2 aromatic rings. The van der Waals surface area contributed by atoms with Gasteiger partial charge in [0, 0.05) is 36.8 Å². The van der Waals surface area contributed by atoms with Crippen molar-refractivity contribution in [2.45, 2.75) is 18.6 Å². The minimum Gasteiger partial charge on any atom is -0.497 e. The predicted molar refractivity (Wildman–Crippen MR) is 87.5 cm³/mol. The number of nitrogens with zero attached hydrogens (tertiary/aromatic N) is 2. The van der Waals surface area contributed by atoms with Crippen molar-refractivity contribution >= 4 is 28.7 Å². The van der Waals surface area contributed by atoms with Crippen LogP contribution in [0.2, 0.25) is 0 Å². The Balaban J connectivity index is 1.76. The van der Waals surface area contributed by atoms with Gasteiger partial charge in [0.15, 0.2) is 5.12 Å². The number of methoxy groups -OCH3 is 1. The molecule has 1 fully saturated rings. The number of hydrogen-bond donors (Lipinski definition) is 0. The van der Waals surface area contributed by atoms with Gasteiger partial charge in [-0.15, -0.1) is 0 Å². The van der Waals surface area contributed by atoms with E-state index in [-0.39, 0.29) is 16.3 Å². The van der Waals surface area contributed by atoms with E-state index < -0.39 is 0 Å². The zero-order valence-corrected chi connectivity index (χ0v) is 13.6. The summed E-state index contributed by atoms with van der Waals surface area (Å²) in [6, 6.07) is 9.16. The van der Waals surface area contributed by atoms with Crippen LogP contribution in [0.4, 0.5) is 5.88 Å². The molecule has 0 N–H and O–H groups in total. The van der Waals surface area contributed by atoms with Crippen LogP contribution in [0.15, 0.2) is 34.9 Å². The molecule has 1 amide bonds.